The zero-order valence-electron chi connectivity index (χ0n) is 10.7. The fourth-order valence-electron chi connectivity index (χ4n) is 2.18. The number of hydrogen-bond acceptors (Lipinski definition) is 4. The van der Waals surface area contributed by atoms with Crippen molar-refractivity contribution < 1.29 is 9.90 Å². The summed E-state index contributed by atoms with van der Waals surface area (Å²) in [5.41, 5.74) is 1.52. The summed E-state index contributed by atoms with van der Waals surface area (Å²) < 4.78 is 0. The van der Waals surface area contributed by atoms with Crippen molar-refractivity contribution in [3.8, 4) is 0 Å². The molecule has 0 saturated carbocycles. The van der Waals surface area contributed by atoms with E-state index in [4.69, 9.17) is 5.11 Å². The molecule has 1 atom stereocenters. The van der Waals surface area contributed by atoms with Gasteiger partial charge in [0.1, 0.15) is 5.69 Å². The molecule has 0 amide bonds. The third-order valence-corrected chi connectivity index (χ3v) is 5.61. The Morgan fingerprint density at radius 3 is 3.10 bits per heavy atom. The van der Waals surface area contributed by atoms with Crippen molar-refractivity contribution in [1.82, 2.24) is 4.98 Å². The van der Waals surface area contributed by atoms with E-state index in [9.17, 15) is 4.79 Å². The second-order valence-corrected chi connectivity index (χ2v) is 6.69. The minimum Gasteiger partial charge on any atom is -0.477 e. The van der Waals surface area contributed by atoms with E-state index in [1.165, 1.54) is 10.5 Å². The first-order chi connectivity index (χ1) is 9.74. The van der Waals surface area contributed by atoms with Gasteiger partial charge >= 0.3 is 5.97 Å². The molecule has 0 fully saturated rings. The van der Waals surface area contributed by atoms with Gasteiger partial charge in [-0.15, -0.1) is 23.5 Å². The van der Waals surface area contributed by atoms with Crippen LogP contribution >= 0.6 is 23.5 Å². The summed E-state index contributed by atoms with van der Waals surface area (Å²) >= 11 is 3.60. The van der Waals surface area contributed by atoms with Crippen LogP contribution in [0.3, 0.4) is 0 Å². The van der Waals surface area contributed by atoms with E-state index in [0.29, 0.717) is 5.92 Å². The van der Waals surface area contributed by atoms with E-state index in [0.717, 1.165) is 16.4 Å². The Morgan fingerprint density at radius 1 is 1.40 bits per heavy atom. The van der Waals surface area contributed by atoms with Gasteiger partial charge in [0, 0.05) is 33.4 Å². The van der Waals surface area contributed by atoms with Crippen molar-refractivity contribution in [3.63, 3.8) is 0 Å². The lowest BCUT2D eigenvalue weighted by molar-refractivity contribution is 0.0690. The molecule has 0 aliphatic carbocycles. The molecular weight excluding hydrogens is 290 g/mol. The van der Waals surface area contributed by atoms with Gasteiger partial charge in [0.25, 0.3) is 0 Å². The maximum atomic E-state index is 10.9. The number of benzene rings is 1. The van der Waals surface area contributed by atoms with E-state index >= 15 is 0 Å². The number of thioether (sulfide) groups is 2. The zero-order valence-corrected chi connectivity index (χ0v) is 12.3. The Kier molecular flexibility index (Phi) is 3.98. The van der Waals surface area contributed by atoms with Gasteiger partial charge in [0.2, 0.25) is 0 Å². The maximum absolute atomic E-state index is 10.9. The van der Waals surface area contributed by atoms with Crippen LogP contribution in [0.1, 0.15) is 22.0 Å². The number of nitrogens with zero attached hydrogens (tertiary/aromatic N) is 1. The zero-order chi connectivity index (χ0) is 13.9. The Morgan fingerprint density at radius 2 is 2.25 bits per heavy atom. The molecule has 1 aliphatic rings. The van der Waals surface area contributed by atoms with E-state index in [1.807, 2.05) is 17.8 Å². The third kappa shape index (κ3) is 2.83. The van der Waals surface area contributed by atoms with Crippen molar-refractivity contribution in [2.24, 2.45) is 0 Å². The topological polar surface area (TPSA) is 50.2 Å². The van der Waals surface area contributed by atoms with Gasteiger partial charge in [0.15, 0.2) is 0 Å². The molecule has 20 heavy (non-hydrogen) atoms. The Balaban J connectivity index is 1.69. The van der Waals surface area contributed by atoms with Crippen LogP contribution in [-0.2, 0) is 0 Å². The lowest BCUT2D eigenvalue weighted by Gasteiger charge is -2.10. The molecule has 1 aliphatic heterocycles. The van der Waals surface area contributed by atoms with Crippen molar-refractivity contribution in [1.29, 1.82) is 0 Å². The highest BCUT2D eigenvalue weighted by Crippen LogP contribution is 2.41. The summed E-state index contributed by atoms with van der Waals surface area (Å²) in [6, 6.07) is 12.0. The van der Waals surface area contributed by atoms with Gasteiger partial charge in [-0.25, -0.2) is 9.78 Å². The van der Waals surface area contributed by atoms with Crippen LogP contribution in [0.15, 0.2) is 52.4 Å². The lowest BCUT2D eigenvalue weighted by Crippen LogP contribution is -2.02. The van der Waals surface area contributed by atoms with Crippen molar-refractivity contribution in [2.45, 2.75) is 15.7 Å². The average Bonchev–Trinajstić information content (AvgIpc) is 2.89. The standard InChI is InChI=1S/C15H13NO2S2/c17-15(18)13-7-11(5-6-16-13)19-8-10-9-20-14-4-2-1-3-12(10)14/h1-7,10H,8-9H2,(H,17,18). The van der Waals surface area contributed by atoms with E-state index in [2.05, 4.69) is 29.2 Å². The number of fused-ring (bicyclic) bond motifs is 1. The molecule has 1 N–H and O–H groups in total. The Labute approximate surface area is 125 Å². The SMILES string of the molecule is O=C(O)c1cc(SCC2CSc3ccccc32)ccn1. The van der Waals surface area contributed by atoms with Gasteiger partial charge in [-0.05, 0) is 23.8 Å². The van der Waals surface area contributed by atoms with Crippen LogP contribution in [0.4, 0.5) is 0 Å². The molecule has 0 bridgehead atoms. The number of aromatic carboxylic acids is 1. The van der Waals surface area contributed by atoms with Crippen LogP contribution < -0.4 is 0 Å². The van der Waals surface area contributed by atoms with Gasteiger partial charge in [-0.1, -0.05) is 18.2 Å². The number of carboxylic acids is 1. The summed E-state index contributed by atoms with van der Waals surface area (Å²) in [7, 11) is 0. The first-order valence-corrected chi connectivity index (χ1v) is 8.25. The van der Waals surface area contributed by atoms with Gasteiger partial charge in [0.05, 0.1) is 0 Å². The summed E-state index contributed by atoms with van der Waals surface area (Å²) in [6.07, 6.45) is 1.56. The van der Waals surface area contributed by atoms with Crippen molar-refractivity contribution in [3.05, 3.63) is 53.9 Å². The highest BCUT2D eigenvalue weighted by atomic mass is 32.2. The van der Waals surface area contributed by atoms with Crippen LogP contribution in [0.25, 0.3) is 0 Å². The molecular formula is C15H13NO2S2. The Hall–Kier alpha value is -1.46. The number of carbonyl (C=O) groups is 1. The molecule has 0 saturated heterocycles. The molecule has 1 unspecified atom stereocenters. The lowest BCUT2D eigenvalue weighted by atomic mass is 10.0. The fraction of sp³-hybridized carbons (Fsp3) is 0.200. The predicted octanol–water partition coefficient (Wildman–Crippen LogP) is 3.76. The maximum Gasteiger partial charge on any atom is 0.354 e. The molecule has 0 radical (unpaired) electrons. The van der Waals surface area contributed by atoms with Gasteiger partial charge in [-0.2, -0.15) is 0 Å². The van der Waals surface area contributed by atoms with Gasteiger partial charge in [-0.3, -0.25) is 0 Å². The number of pyridine rings is 1. The average molecular weight is 303 g/mol. The van der Waals surface area contributed by atoms with Crippen LogP contribution in [0.2, 0.25) is 0 Å². The highest BCUT2D eigenvalue weighted by Gasteiger charge is 2.22. The van der Waals surface area contributed by atoms with Crippen LogP contribution in [0, 0.1) is 0 Å². The van der Waals surface area contributed by atoms with Crippen LogP contribution in [-0.4, -0.2) is 27.6 Å². The second kappa shape index (κ2) is 5.89. The number of rotatable bonds is 4. The molecule has 3 rings (SSSR count). The smallest absolute Gasteiger partial charge is 0.354 e. The monoisotopic (exact) mass is 303 g/mol. The van der Waals surface area contributed by atoms with E-state index < -0.39 is 5.97 Å². The second-order valence-electron chi connectivity index (χ2n) is 4.54. The predicted molar refractivity (Wildman–Crippen MR) is 81.8 cm³/mol. The summed E-state index contributed by atoms with van der Waals surface area (Å²) in [5, 5.41) is 8.94. The molecule has 5 heteroatoms. The molecule has 1 aromatic heterocycles. The summed E-state index contributed by atoms with van der Waals surface area (Å²) in [6.45, 7) is 0. The summed E-state index contributed by atoms with van der Waals surface area (Å²) in [4.78, 5) is 17.1. The van der Waals surface area contributed by atoms with Crippen LogP contribution in [0.5, 0.6) is 0 Å². The quantitative estimate of drug-likeness (QED) is 0.872. The van der Waals surface area contributed by atoms with Gasteiger partial charge < -0.3 is 5.11 Å². The fourth-order valence-corrected chi connectivity index (χ4v) is 4.63. The molecule has 3 nitrogen and oxygen atoms in total. The minimum atomic E-state index is -0.978. The first kappa shape index (κ1) is 13.5. The van der Waals surface area contributed by atoms with Crippen molar-refractivity contribution >= 4 is 29.5 Å². The molecule has 102 valence electrons. The van der Waals surface area contributed by atoms with E-state index in [-0.39, 0.29) is 5.69 Å². The normalized spacial score (nSPS) is 16.9. The third-order valence-electron chi connectivity index (χ3n) is 3.20. The molecule has 0 spiro atoms. The number of carboxylic acid groups (broad SMARTS) is 1. The number of hydrogen-bond donors (Lipinski definition) is 1. The minimum absolute atomic E-state index is 0.108. The molecule has 2 heterocycles. The van der Waals surface area contributed by atoms with E-state index in [1.54, 1.807) is 24.0 Å². The first-order valence-electron chi connectivity index (χ1n) is 6.28. The van der Waals surface area contributed by atoms with Crippen molar-refractivity contribution in [2.75, 3.05) is 11.5 Å². The molecule has 1 aromatic carbocycles. The largest absolute Gasteiger partial charge is 0.477 e. The summed E-state index contributed by atoms with van der Waals surface area (Å²) in [5.74, 6) is 1.62. The number of aromatic nitrogens is 1. The Bertz CT molecular complexity index is 645. The molecule has 2 aromatic rings. The highest BCUT2D eigenvalue weighted by molar-refractivity contribution is 8.00.